The van der Waals surface area contributed by atoms with Gasteiger partial charge in [-0.15, -0.1) is 10.2 Å². The van der Waals surface area contributed by atoms with Crippen molar-refractivity contribution >= 4 is 17.5 Å². The van der Waals surface area contributed by atoms with Crippen molar-refractivity contribution in [3.8, 4) is 11.5 Å². The average Bonchev–Trinajstić information content (AvgIpc) is 3.28. The van der Waals surface area contributed by atoms with Gasteiger partial charge in [-0.25, -0.2) is 0 Å². The summed E-state index contributed by atoms with van der Waals surface area (Å²) in [5.41, 5.74) is 2.82. The fourth-order valence-electron chi connectivity index (χ4n) is 3.62. The molecule has 0 saturated carbocycles. The topological polar surface area (TPSA) is 91.6 Å². The molecule has 2 amide bonds. The Morgan fingerprint density at radius 2 is 1.69 bits per heavy atom. The maximum Gasteiger partial charge on any atom is 0.247 e. The fraction of sp³-hybridized carbons (Fsp3) is 0.333. The third kappa shape index (κ3) is 5.79. The van der Waals surface area contributed by atoms with Crippen LogP contribution in [-0.4, -0.2) is 64.5 Å². The zero-order valence-electron chi connectivity index (χ0n) is 18.2. The van der Waals surface area contributed by atoms with Crippen molar-refractivity contribution in [2.75, 3.05) is 38.0 Å². The average molecular weight is 434 g/mol. The lowest BCUT2D eigenvalue weighted by Crippen LogP contribution is -2.50. The van der Waals surface area contributed by atoms with E-state index in [2.05, 4.69) is 20.4 Å². The molecule has 8 heteroatoms. The van der Waals surface area contributed by atoms with Gasteiger partial charge in [0, 0.05) is 50.3 Å². The lowest BCUT2D eigenvalue weighted by molar-refractivity contribution is -0.133. The molecule has 0 unspecified atom stereocenters. The second kappa shape index (κ2) is 10.2. The normalized spacial score (nSPS) is 14.3. The second-order valence-electron chi connectivity index (χ2n) is 7.94. The summed E-state index contributed by atoms with van der Waals surface area (Å²) >= 11 is 0. The van der Waals surface area contributed by atoms with Crippen LogP contribution < -0.4 is 5.32 Å². The van der Waals surface area contributed by atoms with Crippen LogP contribution in [0, 0.1) is 6.92 Å². The summed E-state index contributed by atoms with van der Waals surface area (Å²) in [5.74, 6) is 0.949. The van der Waals surface area contributed by atoms with E-state index in [1.807, 2.05) is 66.4 Å². The number of hydrogen-bond donors (Lipinski definition) is 1. The molecular formula is C24H27N5O3. The predicted octanol–water partition coefficient (Wildman–Crippen LogP) is 2.76. The number of aromatic nitrogens is 2. The molecule has 1 saturated heterocycles. The van der Waals surface area contributed by atoms with Crippen molar-refractivity contribution in [2.45, 2.75) is 19.8 Å². The Balaban J connectivity index is 1.19. The van der Waals surface area contributed by atoms with Gasteiger partial charge in [0.05, 0.1) is 6.54 Å². The van der Waals surface area contributed by atoms with Crippen molar-refractivity contribution in [3.05, 3.63) is 66.1 Å². The Labute approximate surface area is 187 Å². The minimum Gasteiger partial charge on any atom is -0.421 e. The Bertz CT molecular complexity index is 1040. The molecule has 1 fully saturated rings. The first-order chi connectivity index (χ1) is 15.6. The number of benzene rings is 2. The van der Waals surface area contributed by atoms with Crippen LogP contribution in [0.5, 0.6) is 0 Å². The lowest BCUT2D eigenvalue weighted by Gasteiger charge is -2.34. The van der Waals surface area contributed by atoms with Crippen molar-refractivity contribution in [2.24, 2.45) is 0 Å². The number of nitrogens with one attached hydrogen (secondary N) is 1. The standard InChI is InChI=1S/C24H27N5O3/c1-18-7-9-19(10-8-18)24-27-26-22(32-24)11-12-23(31)29-15-13-28(14-16-29)17-21(30)25-20-5-3-2-4-6-20/h2-10H,11-17H2,1H3,(H,25,30). The van der Waals surface area contributed by atoms with Crippen LogP contribution in [0.15, 0.2) is 59.0 Å². The molecule has 4 rings (SSSR count). The molecule has 0 spiro atoms. The first-order valence-corrected chi connectivity index (χ1v) is 10.8. The molecule has 0 bridgehead atoms. The summed E-state index contributed by atoms with van der Waals surface area (Å²) in [5, 5.41) is 11.1. The van der Waals surface area contributed by atoms with Crippen molar-refractivity contribution < 1.29 is 14.0 Å². The van der Waals surface area contributed by atoms with E-state index in [-0.39, 0.29) is 11.8 Å². The van der Waals surface area contributed by atoms with Gasteiger partial charge in [-0.2, -0.15) is 0 Å². The highest BCUT2D eigenvalue weighted by Crippen LogP contribution is 2.19. The number of carbonyl (C=O) groups is 2. The first kappa shape index (κ1) is 21.7. The van der Waals surface area contributed by atoms with E-state index >= 15 is 0 Å². The van der Waals surface area contributed by atoms with Gasteiger partial charge >= 0.3 is 0 Å². The summed E-state index contributed by atoms with van der Waals surface area (Å²) in [6.45, 7) is 4.90. The van der Waals surface area contributed by atoms with E-state index in [0.717, 1.165) is 16.8 Å². The zero-order chi connectivity index (χ0) is 22.3. The molecular weight excluding hydrogens is 406 g/mol. The minimum atomic E-state index is -0.0447. The first-order valence-electron chi connectivity index (χ1n) is 10.8. The molecule has 0 radical (unpaired) electrons. The maximum absolute atomic E-state index is 12.6. The van der Waals surface area contributed by atoms with E-state index in [1.165, 1.54) is 0 Å². The summed E-state index contributed by atoms with van der Waals surface area (Å²) in [6, 6.07) is 17.3. The second-order valence-corrected chi connectivity index (χ2v) is 7.94. The van der Waals surface area contributed by atoms with Crippen molar-refractivity contribution in [1.29, 1.82) is 0 Å². The van der Waals surface area contributed by atoms with Gasteiger partial charge in [-0.05, 0) is 31.2 Å². The molecule has 3 aromatic rings. The van der Waals surface area contributed by atoms with Gasteiger partial charge in [0.2, 0.25) is 23.6 Å². The molecule has 2 aromatic carbocycles. The van der Waals surface area contributed by atoms with Crippen molar-refractivity contribution in [3.63, 3.8) is 0 Å². The van der Waals surface area contributed by atoms with Gasteiger partial charge in [0.1, 0.15) is 0 Å². The number of nitrogens with zero attached hydrogens (tertiary/aromatic N) is 4. The van der Waals surface area contributed by atoms with Crippen LogP contribution >= 0.6 is 0 Å². The predicted molar refractivity (Wildman–Crippen MR) is 121 cm³/mol. The maximum atomic E-state index is 12.6. The Hall–Kier alpha value is -3.52. The number of para-hydroxylation sites is 1. The highest BCUT2D eigenvalue weighted by Gasteiger charge is 2.23. The zero-order valence-corrected chi connectivity index (χ0v) is 18.2. The molecule has 32 heavy (non-hydrogen) atoms. The molecule has 1 aliphatic heterocycles. The molecule has 0 atom stereocenters. The van der Waals surface area contributed by atoms with Gasteiger partial charge < -0.3 is 14.6 Å². The molecule has 166 valence electrons. The van der Waals surface area contributed by atoms with Crippen molar-refractivity contribution in [1.82, 2.24) is 20.0 Å². The number of piperazine rings is 1. The Kier molecular flexibility index (Phi) is 6.91. The summed E-state index contributed by atoms with van der Waals surface area (Å²) in [4.78, 5) is 28.7. The molecule has 8 nitrogen and oxygen atoms in total. The molecule has 1 aromatic heterocycles. The molecule has 0 aliphatic carbocycles. The summed E-state index contributed by atoms with van der Waals surface area (Å²) in [7, 11) is 0. The number of amides is 2. The Morgan fingerprint density at radius 3 is 2.41 bits per heavy atom. The smallest absolute Gasteiger partial charge is 0.247 e. The van der Waals surface area contributed by atoms with Crippen LogP contribution in [0.3, 0.4) is 0 Å². The third-order valence-electron chi connectivity index (χ3n) is 5.47. The van der Waals surface area contributed by atoms with Crippen LogP contribution in [0.2, 0.25) is 0 Å². The number of anilines is 1. The molecule has 1 aliphatic rings. The van der Waals surface area contributed by atoms with Crippen LogP contribution in [0.4, 0.5) is 5.69 Å². The van der Waals surface area contributed by atoms with E-state index in [0.29, 0.717) is 57.3 Å². The molecule has 1 N–H and O–H groups in total. The largest absolute Gasteiger partial charge is 0.421 e. The quantitative estimate of drug-likeness (QED) is 0.616. The van der Waals surface area contributed by atoms with E-state index in [1.54, 1.807) is 0 Å². The van der Waals surface area contributed by atoms with E-state index in [4.69, 9.17) is 4.42 Å². The van der Waals surface area contributed by atoms with Gasteiger partial charge in [0.25, 0.3) is 0 Å². The monoisotopic (exact) mass is 433 g/mol. The van der Waals surface area contributed by atoms with Crippen LogP contribution in [-0.2, 0) is 16.0 Å². The van der Waals surface area contributed by atoms with E-state index < -0.39 is 0 Å². The molecule has 2 heterocycles. The third-order valence-corrected chi connectivity index (χ3v) is 5.47. The highest BCUT2D eigenvalue weighted by atomic mass is 16.4. The minimum absolute atomic E-state index is 0.0447. The fourth-order valence-corrected chi connectivity index (χ4v) is 3.62. The highest BCUT2D eigenvalue weighted by molar-refractivity contribution is 5.92. The number of aryl methyl sites for hydroxylation is 2. The number of hydrogen-bond acceptors (Lipinski definition) is 6. The summed E-state index contributed by atoms with van der Waals surface area (Å²) < 4.78 is 5.71. The summed E-state index contributed by atoms with van der Waals surface area (Å²) in [6.07, 6.45) is 0.738. The van der Waals surface area contributed by atoms with E-state index in [9.17, 15) is 9.59 Å². The van der Waals surface area contributed by atoms with Crippen LogP contribution in [0.1, 0.15) is 17.9 Å². The van der Waals surface area contributed by atoms with Gasteiger partial charge in [-0.3, -0.25) is 14.5 Å². The SMILES string of the molecule is Cc1ccc(-c2nnc(CCC(=O)N3CCN(CC(=O)Nc4ccccc4)CC3)o2)cc1. The van der Waals surface area contributed by atoms with Gasteiger partial charge in [-0.1, -0.05) is 35.9 Å². The lowest BCUT2D eigenvalue weighted by atomic mass is 10.1. The number of carbonyl (C=O) groups excluding carboxylic acids is 2. The van der Waals surface area contributed by atoms with Gasteiger partial charge in [0.15, 0.2) is 0 Å². The Morgan fingerprint density at radius 1 is 0.969 bits per heavy atom. The van der Waals surface area contributed by atoms with Crippen LogP contribution in [0.25, 0.3) is 11.5 Å². The number of rotatable bonds is 7.